The summed E-state index contributed by atoms with van der Waals surface area (Å²) in [6.45, 7) is 7.18. The molecule has 40 heavy (non-hydrogen) atoms. The third-order valence-corrected chi connectivity index (χ3v) is 7.93. The minimum absolute atomic E-state index is 0.0219. The number of amides is 2. The molecule has 210 valence electrons. The van der Waals surface area contributed by atoms with E-state index < -0.39 is 17.2 Å². The average Bonchev–Trinajstić information content (AvgIpc) is 3.26. The van der Waals surface area contributed by atoms with E-state index in [1.165, 1.54) is 13.0 Å². The minimum Gasteiger partial charge on any atom is -0.379 e. The van der Waals surface area contributed by atoms with E-state index in [4.69, 9.17) is 9.72 Å². The zero-order valence-electron chi connectivity index (χ0n) is 22.7. The Hall–Kier alpha value is -4.03. The first-order valence-corrected chi connectivity index (χ1v) is 13.6. The number of aryl methyl sites for hydroxylation is 1. The molecule has 0 aliphatic carbocycles. The van der Waals surface area contributed by atoms with Crippen LogP contribution in [0.25, 0.3) is 27.7 Å². The van der Waals surface area contributed by atoms with Crippen molar-refractivity contribution in [2.75, 3.05) is 70.5 Å². The lowest BCUT2D eigenvalue weighted by Gasteiger charge is -2.35. The Morgan fingerprint density at radius 3 is 2.45 bits per heavy atom. The van der Waals surface area contributed by atoms with Gasteiger partial charge in [-0.3, -0.25) is 23.7 Å². The lowest BCUT2D eigenvalue weighted by atomic mass is 10.1. The summed E-state index contributed by atoms with van der Waals surface area (Å²) in [5, 5.41) is 2.94. The number of hydrogen-bond donors (Lipinski definition) is 1. The molecule has 2 aliphatic rings. The molecule has 5 heterocycles. The molecule has 4 aromatic rings. The van der Waals surface area contributed by atoms with Crippen LogP contribution in [0.2, 0.25) is 0 Å². The first-order chi connectivity index (χ1) is 19.3. The number of carbonyl (C=O) groups excluding carboxylic acids is 2. The van der Waals surface area contributed by atoms with Gasteiger partial charge < -0.3 is 24.4 Å². The highest BCUT2D eigenvalue weighted by Gasteiger charge is 2.28. The fraction of sp³-hybridized carbons (Fsp3) is 0.429. The van der Waals surface area contributed by atoms with Crippen molar-refractivity contribution in [2.24, 2.45) is 7.05 Å². The van der Waals surface area contributed by atoms with Crippen LogP contribution in [0.1, 0.15) is 17.3 Å². The maximum atomic E-state index is 15.5. The standard InChI is InChI=1S/C28H32FN7O4/c1-18(37)34-9-11-35(12-10-34)26-20(29)17-19-24(38)23(27(39)30-7-8-33-13-15-40-16-14-33)28-32(2)21-5-3-4-6-22(21)36(28)25(19)31-26/h3-6,17H,7-16H2,1-2H3,(H,30,39). The van der Waals surface area contributed by atoms with Crippen molar-refractivity contribution in [1.29, 1.82) is 0 Å². The van der Waals surface area contributed by atoms with Crippen LogP contribution in [0.3, 0.4) is 0 Å². The van der Waals surface area contributed by atoms with Gasteiger partial charge in [0.15, 0.2) is 17.3 Å². The number of halogens is 1. The summed E-state index contributed by atoms with van der Waals surface area (Å²) in [7, 11) is 1.80. The fourth-order valence-corrected chi connectivity index (χ4v) is 5.75. The molecule has 2 aliphatic heterocycles. The first-order valence-electron chi connectivity index (χ1n) is 13.6. The molecular formula is C28H32FN7O4. The molecule has 6 rings (SSSR count). The average molecular weight is 550 g/mol. The van der Waals surface area contributed by atoms with Crippen molar-refractivity contribution in [3.8, 4) is 0 Å². The first kappa shape index (κ1) is 26.2. The van der Waals surface area contributed by atoms with E-state index in [0.29, 0.717) is 58.1 Å². The largest absolute Gasteiger partial charge is 0.379 e. The number of para-hydroxylation sites is 2. The number of nitrogens with zero attached hydrogens (tertiary/aromatic N) is 6. The van der Waals surface area contributed by atoms with Crippen molar-refractivity contribution in [1.82, 2.24) is 29.1 Å². The summed E-state index contributed by atoms with van der Waals surface area (Å²) in [5.41, 5.74) is 1.63. The van der Waals surface area contributed by atoms with E-state index >= 15 is 4.39 Å². The van der Waals surface area contributed by atoms with Crippen LogP contribution < -0.4 is 15.6 Å². The Morgan fingerprint density at radius 2 is 1.75 bits per heavy atom. The van der Waals surface area contributed by atoms with Crippen LogP contribution in [0.4, 0.5) is 10.2 Å². The Morgan fingerprint density at radius 1 is 1.05 bits per heavy atom. The van der Waals surface area contributed by atoms with Crippen LogP contribution in [0.5, 0.6) is 0 Å². The van der Waals surface area contributed by atoms with Crippen LogP contribution in [0, 0.1) is 5.82 Å². The van der Waals surface area contributed by atoms with Gasteiger partial charge in [-0.25, -0.2) is 9.37 Å². The van der Waals surface area contributed by atoms with Crippen molar-refractivity contribution < 1.29 is 18.7 Å². The molecule has 1 N–H and O–H groups in total. The Labute approximate surface area is 229 Å². The summed E-state index contributed by atoms with van der Waals surface area (Å²) >= 11 is 0. The molecule has 0 radical (unpaired) electrons. The summed E-state index contributed by atoms with van der Waals surface area (Å²) < 4.78 is 24.5. The Bertz CT molecular complexity index is 1680. The number of imidazole rings is 1. The van der Waals surface area contributed by atoms with E-state index in [0.717, 1.165) is 24.1 Å². The summed E-state index contributed by atoms with van der Waals surface area (Å²) in [4.78, 5) is 49.6. The summed E-state index contributed by atoms with van der Waals surface area (Å²) in [6, 6.07) is 8.75. The van der Waals surface area contributed by atoms with Crippen molar-refractivity contribution in [2.45, 2.75) is 6.92 Å². The minimum atomic E-state index is -0.639. The molecule has 2 amide bonds. The number of aromatic nitrogens is 3. The van der Waals surface area contributed by atoms with Gasteiger partial charge in [0.05, 0.1) is 29.6 Å². The molecule has 0 spiro atoms. The molecular weight excluding hydrogens is 517 g/mol. The van der Waals surface area contributed by atoms with Crippen molar-refractivity contribution in [3.05, 3.63) is 51.9 Å². The molecule has 0 bridgehead atoms. The number of rotatable bonds is 5. The number of fused-ring (bicyclic) bond motifs is 5. The highest BCUT2D eigenvalue weighted by molar-refractivity contribution is 6.06. The lowest BCUT2D eigenvalue weighted by molar-refractivity contribution is -0.129. The van der Waals surface area contributed by atoms with E-state index in [9.17, 15) is 14.4 Å². The normalized spacial score (nSPS) is 16.8. The molecule has 1 aromatic carbocycles. The van der Waals surface area contributed by atoms with Crippen LogP contribution in [-0.4, -0.2) is 101 Å². The van der Waals surface area contributed by atoms with Gasteiger partial charge in [0.25, 0.3) is 5.91 Å². The third-order valence-electron chi connectivity index (χ3n) is 7.93. The lowest BCUT2D eigenvalue weighted by Crippen LogP contribution is -2.48. The van der Waals surface area contributed by atoms with E-state index in [1.54, 1.807) is 21.2 Å². The maximum absolute atomic E-state index is 15.5. The third kappa shape index (κ3) is 4.46. The smallest absolute Gasteiger partial charge is 0.259 e. The van der Waals surface area contributed by atoms with Crippen molar-refractivity contribution >= 4 is 45.3 Å². The zero-order chi connectivity index (χ0) is 28.0. The van der Waals surface area contributed by atoms with Gasteiger partial charge in [0, 0.05) is 66.3 Å². The van der Waals surface area contributed by atoms with Crippen LogP contribution in [0.15, 0.2) is 35.1 Å². The Balaban J connectivity index is 1.46. The predicted molar refractivity (Wildman–Crippen MR) is 149 cm³/mol. The SMILES string of the molecule is CC(=O)N1CCN(c2nc3c(cc2F)c(=O)c(C(=O)NCCN2CCOCC2)c2n(C)c4ccccc4n32)CC1. The molecule has 3 aromatic heterocycles. The number of pyridine rings is 2. The topological polar surface area (TPSA) is 104 Å². The molecule has 12 heteroatoms. The highest BCUT2D eigenvalue weighted by atomic mass is 19.1. The second-order valence-electron chi connectivity index (χ2n) is 10.3. The van der Waals surface area contributed by atoms with Gasteiger partial charge >= 0.3 is 0 Å². The molecule has 2 saturated heterocycles. The maximum Gasteiger partial charge on any atom is 0.259 e. The zero-order valence-corrected chi connectivity index (χ0v) is 22.7. The predicted octanol–water partition coefficient (Wildman–Crippen LogP) is 1.21. The summed E-state index contributed by atoms with van der Waals surface area (Å²) in [6.07, 6.45) is 0. The number of carbonyl (C=O) groups is 2. The van der Waals surface area contributed by atoms with Gasteiger partial charge in [-0.15, -0.1) is 0 Å². The van der Waals surface area contributed by atoms with Gasteiger partial charge in [0.2, 0.25) is 11.3 Å². The molecule has 0 saturated carbocycles. The Kier molecular flexibility index (Phi) is 6.88. The monoisotopic (exact) mass is 549 g/mol. The quantitative estimate of drug-likeness (QED) is 0.399. The number of morpholine rings is 1. The van der Waals surface area contributed by atoms with Crippen molar-refractivity contribution in [3.63, 3.8) is 0 Å². The number of hydrogen-bond acceptors (Lipinski definition) is 7. The van der Waals surface area contributed by atoms with E-state index in [2.05, 4.69) is 10.2 Å². The molecule has 11 nitrogen and oxygen atoms in total. The van der Waals surface area contributed by atoms with Gasteiger partial charge in [-0.1, -0.05) is 12.1 Å². The molecule has 2 fully saturated rings. The van der Waals surface area contributed by atoms with E-state index in [1.807, 2.05) is 28.8 Å². The van der Waals surface area contributed by atoms with Gasteiger partial charge in [-0.05, 0) is 18.2 Å². The van der Waals surface area contributed by atoms with E-state index in [-0.39, 0.29) is 28.3 Å². The van der Waals surface area contributed by atoms with Gasteiger partial charge in [-0.2, -0.15) is 0 Å². The van der Waals surface area contributed by atoms with Crippen LogP contribution in [-0.2, 0) is 16.6 Å². The fourth-order valence-electron chi connectivity index (χ4n) is 5.75. The number of ether oxygens (including phenoxy) is 1. The molecule has 0 unspecified atom stereocenters. The number of anilines is 1. The number of piperazine rings is 1. The number of nitrogens with one attached hydrogen (secondary N) is 1. The second kappa shape index (κ2) is 10.5. The summed E-state index contributed by atoms with van der Waals surface area (Å²) in [5.74, 6) is -1.04. The highest BCUT2D eigenvalue weighted by Crippen LogP contribution is 2.28. The van der Waals surface area contributed by atoms with Gasteiger partial charge in [0.1, 0.15) is 11.2 Å². The molecule has 0 atom stereocenters. The second-order valence-corrected chi connectivity index (χ2v) is 10.3. The van der Waals surface area contributed by atoms with Crippen LogP contribution >= 0.6 is 0 Å². The number of benzene rings is 1.